The molecule has 2 aromatic rings. The molecule has 10 heteroatoms. The fourth-order valence-electron chi connectivity index (χ4n) is 2.97. The number of amidine groups is 1. The maximum atomic E-state index is 14.5. The number of halogens is 3. The Morgan fingerprint density at radius 3 is 2.58 bits per heavy atom. The van der Waals surface area contributed by atoms with Gasteiger partial charge in [0.25, 0.3) is 0 Å². The molecule has 0 radical (unpaired) electrons. The molecule has 1 aromatic heterocycles. The molecule has 1 fully saturated rings. The summed E-state index contributed by atoms with van der Waals surface area (Å²) in [6.07, 6.45) is 2.71. The van der Waals surface area contributed by atoms with Gasteiger partial charge in [0.2, 0.25) is 0 Å². The van der Waals surface area contributed by atoms with Gasteiger partial charge >= 0.3 is 12.0 Å². The standard InChI is InChI=1S/C21H21F3N6O/c1-3-10-27-19(26-2)21(23,24)14-11-30(12-14)20(31)29-18-16(25)8-9-17(28-18)13-4-6-15(22)7-5-13/h3-10,14H,2,11-12,25H2,1H3,(H,28,29,31)/b10-3-,27-19?. The van der Waals surface area contributed by atoms with Gasteiger partial charge in [-0.25, -0.2) is 24.2 Å². The highest BCUT2D eigenvalue weighted by Crippen LogP contribution is 2.35. The molecule has 1 aliphatic rings. The van der Waals surface area contributed by atoms with E-state index in [-0.39, 0.29) is 30.4 Å². The number of nitrogens with zero attached hydrogens (tertiary/aromatic N) is 4. The molecule has 1 saturated heterocycles. The number of carbonyl (C=O) groups is 1. The molecule has 3 rings (SSSR count). The van der Waals surface area contributed by atoms with Crippen molar-refractivity contribution < 1.29 is 18.0 Å². The third-order valence-electron chi connectivity index (χ3n) is 4.77. The number of anilines is 2. The molecular weight excluding hydrogens is 409 g/mol. The second kappa shape index (κ2) is 8.99. The number of pyridine rings is 1. The third-order valence-corrected chi connectivity index (χ3v) is 4.77. The molecule has 0 unspecified atom stereocenters. The minimum Gasteiger partial charge on any atom is -0.396 e. The van der Waals surface area contributed by atoms with Gasteiger partial charge in [-0.3, -0.25) is 5.32 Å². The molecular formula is C21H21F3N6O. The molecule has 0 atom stereocenters. The van der Waals surface area contributed by atoms with Crippen LogP contribution in [0.25, 0.3) is 11.3 Å². The van der Waals surface area contributed by atoms with Crippen LogP contribution in [0, 0.1) is 11.7 Å². The molecule has 162 valence electrons. The van der Waals surface area contributed by atoms with Crippen LogP contribution >= 0.6 is 0 Å². The van der Waals surface area contributed by atoms with E-state index in [0.717, 1.165) is 0 Å². The van der Waals surface area contributed by atoms with E-state index in [9.17, 15) is 18.0 Å². The number of aliphatic imine (C=N–C) groups is 2. The van der Waals surface area contributed by atoms with Crippen molar-refractivity contribution in [1.29, 1.82) is 0 Å². The van der Waals surface area contributed by atoms with Crippen molar-refractivity contribution in [3.8, 4) is 11.3 Å². The largest absolute Gasteiger partial charge is 0.396 e. The van der Waals surface area contributed by atoms with Crippen molar-refractivity contribution in [1.82, 2.24) is 9.88 Å². The number of nitrogens with two attached hydrogens (primary N) is 1. The van der Waals surface area contributed by atoms with Crippen LogP contribution in [0.4, 0.5) is 29.5 Å². The second-order valence-electron chi connectivity index (χ2n) is 6.89. The SMILES string of the molecule is C=NC(=N/C=C\C)C(F)(F)C1CN(C(=O)Nc2nc(-c3ccc(F)cc3)ccc2N)C1. The summed E-state index contributed by atoms with van der Waals surface area (Å²) in [5, 5.41) is 2.54. The zero-order valence-electron chi connectivity index (χ0n) is 16.7. The number of carbonyl (C=O) groups excluding carboxylic acids is 1. The first-order valence-corrected chi connectivity index (χ1v) is 9.38. The molecule has 0 aliphatic carbocycles. The predicted octanol–water partition coefficient (Wildman–Crippen LogP) is 4.20. The van der Waals surface area contributed by atoms with E-state index in [0.29, 0.717) is 11.3 Å². The summed E-state index contributed by atoms with van der Waals surface area (Å²) in [6.45, 7) is 4.40. The Bertz CT molecular complexity index is 1030. The average molecular weight is 430 g/mol. The van der Waals surface area contributed by atoms with Crippen LogP contribution in [-0.2, 0) is 0 Å². The first-order chi connectivity index (χ1) is 14.8. The summed E-state index contributed by atoms with van der Waals surface area (Å²) >= 11 is 0. The Kier molecular flexibility index (Phi) is 6.38. The van der Waals surface area contributed by atoms with Crippen LogP contribution in [0.2, 0.25) is 0 Å². The van der Waals surface area contributed by atoms with E-state index in [1.165, 1.54) is 29.3 Å². The van der Waals surface area contributed by atoms with E-state index in [1.54, 1.807) is 31.2 Å². The fourth-order valence-corrected chi connectivity index (χ4v) is 2.97. The molecule has 3 N–H and O–H groups in total. The molecule has 31 heavy (non-hydrogen) atoms. The number of aromatic nitrogens is 1. The number of allylic oxidation sites excluding steroid dienone is 1. The van der Waals surface area contributed by atoms with Crippen LogP contribution in [0.15, 0.2) is 58.7 Å². The van der Waals surface area contributed by atoms with E-state index < -0.39 is 23.7 Å². The number of alkyl halides is 2. The zero-order valence-corrected chi connectivity index (χ0v) is 16.7. The number of likely N-dealkylation sites (tertiary alicyclic amines) is 1. The third kappa shape index (κ3) is 4.73. The monoisotopic (exact) mass is 430 g/mol. The minimum absolute atomic E-state index is 0.0881. The second-order valence-corrected chi connectivity index (χ2v) is 6.89. The molecule has 2 amide bonds. The maximum Gasteiger partial charge on any atom is 0.323 e. The molecule has 1 aromatic carbocycles. The Morgan fingerprint density at radius 1 is 1.29 bits per heavy atom. The van der Waals surface area contributed by atoms with E-state index >= 15 is 0 Å². The minimum atomic E-state index is -3.32. The van der Waals surface area contributed by atoms with Gasteiger partial charge in [0, 0.05) is 24.9 Å². The van der Waals surface area contributed by atoms with Gasteiger partial charge in [-0.2, -0.15) is 8.78 Å². The average Bonchev–Trinajstić information content (AvgIpc) is 2.69. The number of hydrogen-bond acceptors (Lipinski definition) is 4. The van der Waals surface area contributed by atoms with Gasteiger partial charge in [-0.05, 0) is 50.0 Å². The van der Waals surface area contributed by atoms with Crippen LogP contribution in [0.1, 0.15) is 6.92 Å². The summed E-state index contributed by atoms with van der Waals surface area (Å²) in [4.78, 5) is 24.9. The molecule has 0 saturated carbocycles. The predicted molar refractivity (Wildman–Crippen MR) is 115 cm³/mol. The lowest BCUT2D eigenvalue weighted by Crippen LogP contribution is -2.59. The van der Waals surface area contributed by atoms with E-state index in [1.807, 2.05) is 0 Å². The lowest BCUT2D eigenvalue weighted by molar-refractivity contribution is -0.0498. The number of nitrogen functional groups attached to an aromatic ring is 1. The fraction of sp³-hybridized carbons (Fsp3) is 0.238. The number of amides is 2. The molecule has 1 aliphatic heterocycles. The molecule has 2 heterocycles. The number of nitrogens with one attached hydrogen (secondary N) is 1. The molecule has 0 bridgehead atoms. The highest BCUT2D eigenvalue weighted by molar-refractivity contribution is 5.95. The Morgan fingerprint density at radius 2 is 1.97 bits per heavy atom. The zero-order chi connectivity index (χ0) is 22.6. The van der Waals surface area contributed by atoms with Crippen molar-refractivity contribution >= 4 is 30.1 Å². The van der Waals surface area contributed by atoms with Crippen LogP contribution in [0.3, 0.4) is 0 Å². The van der Waals surface area contributed by atoms with E-state index in [4.69, 9.17) is 5.73 Å². The van der Waals surface area contributed by atoms with Crippen molar-refractivity contribution in [2.45, 2.75) is 12.8 Å². The summed E-state index contributed by atoms with van der Waals surface area (Å²) in [6, 6.07) is 8.24. The van der Waals surface area contributed by atoms with Gasteiger partial charge in [0.1, 0.15) is 5.82 Å². The maximum absolute atomic E-state index is 14.5. The number of benzene rings is 1. The van der Waals surface area contributed by atoms with Gasteiger partial charge in [-0.1, -0.05) is 6.08 Å². The number of rotatable bonds is 5. The first kappa shape index (κ1) is 22.0. The number of urea groups is 1. The summed E-state index contributed by atoms with van der Waals surface area (Å²) < 4.78 is 42.2. The Hall–Kier alpha value is -3.69. The van der Waals surface area contributed by atoms with Crippen LogP contribution < -0.4 is 11.1 Å². The van der Waals surface area contributed by atoms with E-state index in [2.05, 4.69) is 27.0 Å². The normalized spacial score (nSPS) is 15.1. The molecule has 7 nitrogen and oxygen atoms in total. The smallest absolute Gasteiger partial charge is 0.323 e. The quantitative estimate of drug-likeness (QED) is 0.550. The lowest BCUT2D eigenvalue weighted by Gasteiger charge is -2.42. The molecule has 0 spiro atoms. The van der Waals surface area contributed by atoms with Crippen molar-refractivity contribution in [2.24, 2.45) is 15.9 Å². The summed E-state index contributed by atoms with van der Waals surface area (Å²) in [5.41, 5.74) is 7.19. The van der Waals surface area contributed by atoms with Crippen LogP contribution in [-0.4, -0.2) is 47.5 Å². The van der Waals surface area contributed by atoms with Crippen LogP contribution in [0.5, 0.6) is 0 Å². The van der Waals surface area contributed by atoms with Crippen molar-refractivity contribution in [2.75, 3.05) is 24.1 Å². The van der Waals surface area contributed by atoms with Gasteiger partial charge in [-0.15, -0.1) is 0 Å². The lowest BCUT2D eigenvalue weighted by atomic mass is 9.92. The highest BCUT2D eigenvalue weighted by Gasteiger charge is 2.51. The Labute approximate surface area is 177 Å². The summed E-state index contributed by atoms with van der Waals surface area (Å²) in [5.74, 6) is -5.44. The van der Waals surface area contributed by atoms with Gasteiger partial charge < -0.3 is 10.6 Å². The Balaban J connectivity index is 1.67. The number of hydrogen-bond donors (Lipinski definition) is 2. The van der Waals surface area contributed by atoms with Crippen molar-refractivity contribution in [3.63, 3.8) is 0 Å². The highest BCUT2D eigenvalue weighted by atomic mass is 19.3. The topological polar surface area (TPSA) is 96.0 Å². The van der Waals surface area contributed by atoms with Gasteiger partial charge in [0.05, 0.1) is 17.3 Å². The first-order valence-electron chi connectivity index (χ1n) is 9.38. The van der Waals surface area contributed by atoms with Crippen molar-refractivity contribution in [3.05, 3.63) is 54.5 Å². The van der Waals surface area contributed by atoms with Gasteiger partial charge in [0.15, 0.2) is 11.7 Å². The summed E-state index contributed by atoms with van der Waals surface area (Å²) in [7, 11) is 0.